The summed E-state index contributed by atoms with van der Waals surface area (Å²) >= 11 is 0. The minimum Gasteiger partial charge on any atom is -0.308 e. The molecular formula is C19H20N2O. The van der Waals surface area contributed by atoms with E-state index < -0.39 is 0 Å². The van der Waals surface area contributed by atoms with Crippen molar-refractivity contribution in [2.24, 2.45) is 17.8 Å². The molecule has 3 nitrogen and oxygen atoms in total. The largest absolute Gasteiger partial charge is 0.308 e. The third-order valence-corrected chi connectivity index (χ3v) is 4.81. The van der Waals surface area contributed by atoms with Crippen molar-refractivity contribution in [3.63, 3.8) is 0 Å². The first-order chi connectivity index (χ1) is 10.8. The minimum atomic E-state index is 0.240. The first-order valence-corrected chi connectivity index (χ1v) is 8.08. The van der Waals surface area contributed by atoms with Crippen molar-refractivity contribution < 1.29 is 4.79 Å². The molecule has 0 radical (unpaired) electrons. The Morgan fingerprint density at radius 2 is 1.82 bits per heavy atom. The van der Waals surface area contributed by atoms with E-state index in [1.807, 2.05) is 35.2 Å². The molecule has 0 spiro atoms. The van der Waals surface area contributed by atoms with Crippen molar-refractivity contribution in [1.29, 1.82) is 0 Å². The summed E-state index contributed by atoms with van der Waals surface area (Å²) in [6.45, 7) is 0.636. The lowest BCUT2D eigenvalue weighted by Gasteiger charge is -2.23. The van der Waals surface area contributed by atoms with Gasteiger partial charge in [0.15, 0.2) is 0 Å². The second kappa shape index (κ2) is 5.56. The predicted octanol–water partition coefficient (Wildman–Crippen LogP) is 3.66. The molecule has 2 aliphatic rings. The van der Waals surface area contributed by atoms with Gasteiger partial charge in [-0.3, -0.25) is 9.78 Å². The van der Waals surface area contributed by atoms with Gasteiger partial charge < -0.3 is 4.90 Å². The van der Waals surface area contributed by atoms with Crippen LogP contribution in [-0.4, -0.2) is 10.9 Å². The monoisotopic (exact) mass is 292 g/mol. The molecule has 1 aromatic carbocycles. The lowest BCUT2D eigenvalue weighted by Crippen LogP contribution is -2.32. The van der Waals surface area contributed by atoms with Gasteiger partial charge in [-0.1, -0.05) is 30.3 Å². The number of benzene rings is 1. The van der Waals surface area contributed by atoms with Gasteiger partial charge in [0.2, 0.25) is 5.91 Å². The molecule has 0 aliphatic heterocycles. The van der Waals surface area contributed by atoms with Gasteiger partial charge in [-0.05, 0) is 48.8 Å². The van der Waals surface area contributed by atoms with Crippen LogP contribution in [0, 0.1) is 17.8 Å². The number of pyridine rings is 1. The van der Waals surface area contributed by atoms with Gasteiger partial charge in [-0.25, -0.2) is 0 Å². The molecule has 3 heteroatoms. The lowest BCUT2D eigenvalue weighted by atomic mass is 10.1. The molecule has 2 aromatic rings. The number of amides is 1. The highest BCUT2D eigenvalue weighted by atomic mass is 16.2. The summed E-state index contributed by atoms with van der Waals surface area (Å²) in [5.41, 5.74) is 2.11. The number of rotatable bonds is 5. The van der Waals surface area contributed by atoms with E-state index in [1.54, 1.807) is 12.4 Å². The average Bonchev–Trinajstić information content (AvgIpc) is 3.46. The van der Waals surface area contributed by atoms with Gasteiger partial charge in [0.05, 0.1) is 6.54 Å². The fourth-order valence-corrected chi connectivity index (χ4v) is 3.33. The van der Waals surface area contributed by atoms with Crippen LogP contribution in [0.2, 0.25) is 0 Å². The zero-order valence-electron chi connectivity index (χ0n) is 12.6. The summed E-state index contributed by atoms with van der Waals surface area (Å²) in [6, 6.07) is 14.1. The van der Waals surface area contributed by atoms with Crippen LogP contribution in [0.5, 0.6) is 0 Å². The molecule has 2 atom stereocenters. The summed E-state index contributed by atoms with van der Waals surface area (Å²) < 4.78 is 0. The topological polar surface area (TPSA) is 33.2 Å². The van der Waals surface area contributed by atoms with Gasteiger partial charge in [0.25, 0.3) is 0 Å². The van der Waals surface area contributed by atoms with E-state index in [4.69, 9.17) is 0 Å². The molecular weight excluding hydrogens is 272 g/mol. The highest BCUT2D eigenvalue weighted by Crippen LogP contribution is 2.55. The van der Waals surface area contributed by atoms with Crippen molar-refractivity contribution in [3.8, 4) is 0 Å². The Bertz CT molecular complexity index is 652. The summed E-state index contributed by atoms with van der Waals surface area (Å²) in [7, 11) is 0. The predicted molar refractivity (Wildman–Crippen MR) is 86.2 cm³/mol. The van der Waals surface area contributed by atoms with Crippen LogP contribution < -0.4 is 4.90 Å². The van der Waals surface area contributed by atoms with E-state index in [1.165, 1.54) is 12.8 Å². The minimum absolute atomic E-state index is 0.240. The summed E-state index contributed by atoms with van der Waals surface area (Å²) in [4.78, 5) is 19.0. The maximum Gasteiger partial charge on any atom is 0.230 e. The Hall–Kier alpha value is -2.16. The maximum atomic E-state index is 13.0. The Morgan fingerprint density at radius 1 is 1.09 bits per heavy atom. The smallest absolute Gasteiger partial charge is 0.230 e. The highest BCUT2D eigenvalue weighted by Gasteiger charge is 2.52. The van der Waals surface area contributed by atoms with Crippen LogP contribution >= 0.6 is 0 Å². The molecule has 0 bridgehead atoms. The first-order valence-electron chi connectivity index (χ1n) is 8.08. The SMILES string of the molecule is O=C([C@H]1C[C@@H]1C1CC1)N(Cc1ccccc1)c1ccncc1. The Morgan fingerprint density at radius 3 is 2.50 bits per heavy atom. The second-order valence-corrected chi connectivity index (χ2v) is 6.46. The van der Waals surface area contributed by atoms with Crippen LogP contribution in [0.25, 0.3) is 0 Å². The summed E-state index contributed by atoms with van der Waals surface area (Å²) in [5.74, 6) is 1.99. The van der Waals surface area contributed by atoms with E-state index >= 15 is 0 Å². The van der Waals surface area contributed by atoms with Gasteiger partial charge in [0.1, 0.15) is 0 Å². The third kappa shape index (κ3) is 2.76. The fraction of sp³-hybridized carbons (Fsp3) is 0.368. The summed E-state index contributed by atoms with van der Waals surface area (Å²) in [5, 5.41) is 0. The molecule has 0 unspecified atom stereocenters. The summed E-state index contributed by atoms with van der Waals surface area (Å²) in [6.07, 6.45) is 7.24. The van der Waals surface area contributed by atoms with Crippen LogP contribution in [0.15, 0.2) is 54.9 Å². The van der Waals surface area contributed by atoms with Crippen molar-refractivity contribution in [1.82, 2.24) is 4.98 Å². The highest BCUT2D eigenvalue weighted by molar-refractivity contribution is 5.96. The van der Waals surface area contributed by atoms with Crippen molar-refractivity contribution >= 4 is 11.6 Å². The number of anilines is 1. The van der Waals surface area contributed by atoms with Gasteiger partial charge in [-0.2, -0.15) is 0 Å². The van der Waals surface area contributed by atoms with Crippen molar-refractivity contribution in [2.75, 3.05) is 4.90 Å². The van der Waals surface area contributed by atoms with Crippen molar-refractivity contribution in [2.45, 2.75) is 25.8 Å². The van der Waals surface area contributed by atoms with Crippen LogP contribution in [0.3, 0.4) is 0 Å². The quantitative estimate of drug-likeness (QED) is 0.842. The van der Waals surface area contributed by atoms with E-state index in [9.17, 15) is 4.79 Å². The number of nitrogens with zero attached hydrogens (tertiary/aromatic N) is 2. The molecule has 2 aliphatic carbocycles. The third-order valence-electron chi connectivity index (χ3n) is 4.81. The molecule has 112 valence electrons. The van der Waals surface area contributed by atoms with E-state index in [-0.39, 0.29) is 11.8 Å². The lowest BCUT2D eigenvalue weighted by molar-refractivity contribution is -0.120. The zero-order chi connectivity index (χ0) is 14.9. The Kier molecular flexibility index (Phi) is 3.41. The maximum absolute atomic E-state index is 13.0. The van der Waals surface area contributed by atoms with E-state index in [0.717, 1.165) is 23.6 Å². The van der Waals surface area contributed by atoms with E-state index in [2.05, 4.69) is 17.1 Å². The molecule has 0 saturated heterocycles. The first kappa shape index (κ1) is 13.5. The number of carbonyl (C=O) groups excluding carboxylic acids is 1. The average molecular weight is 292 g/mol. The number of hydrogen-bond acceptors (Lipinski definition) is 2. The van der Waals surface area contributed by atoms with Crippen LogP contribution in [0.4, 0.5) is 5.69 Å². The number of hydrogen-bond donors (Lipinski definition) is 0. The molecule has 2 saturated carbocycles. The molecule has 1 aromatic heterocycles. The fourth-order valence-electron chi connectivity index (χ4n) is 3.33. The van der Waals surface area contributed by atoms with Gasteiger partial charge >= 0.3 is 0 Å². The molecule has 2 fully saturated rings. The zero-order valence-corrected chi connectivity index (χ0v) is 12.6. The normalized spacial score (nSPS) is 23.1. The second-order valence-electron chi connectivity index (χ2n) is 6.46. The van der Waals surface area contributed by atoms with Crippen LogP contribution in [-0.2, 0) is 11.3 Å². The van der Waals surface area contributed by atoms with Gasteiger partial charge in [-0.15, -0.1) is 0 Å². The molecule has 1 heterocycles. The molecule has 22 heavy (non-hydrogen) atoms. The standard InChI is InChI=1S/C19H20N2O/c22-19(18-12-17(18)15-6-7-15)21(16-8-10-20-11-9-16)13-14-4-2-1-3-5-14/h1-5,8-11,15,17-18H,6-7,12-13H2/t17-,18+/m1/s1. The number of carbonyl (C=O) groups is 1. The Labute approximate surface area is 131 Å². The van der Waals surface area contributed by atoms with E-state index in [0.29, 0.717) is 12.5 Å². The molecule has 4 rings (SSSR count). The van der Waals surface area contributed by atoms with Gasteiger partial charge in [0, 0.05) is 24.0 Å². The molecule has 1 amide bonds. The Balaban J connectivity index is 1.56. The molecule has 0 N–H and O–H groups in total. The van der Waals surface area contributed by atoms with Crippen molar-refractivity contribution in [3.05, 3.63) is 60.4 Å². The van der Waals surface area contributed by atoms with Crippen LogP contribution in [0.1, 0.15) is 24.8 Å². The number of aromatic nitrogens is 1.